The molecule has 0 atom stereocenters. The first-order chi connectivity index (χ1) is 19.7. The standard InChI is InChI=1S/C30H29ClN6O4.2ClH/c1-4-40-28-16-25-23(15-26(28)36-29(38)9-7-13-37(2,3)39)30(20(17-32)18-34-25)35-21-10-11-27(24(31)14-21)41-19-22-8-5-6-12-33-22;;/h5-12,14-16,18H,4,13,19H2,1-3H3,(H,34,35)(H,36,38);2*1H/b9-7+;;. The molecule has 0 radical (unpaired) electrons. The number of hydrogen-bond acceptors (Lipinski definition) is 8. The molecular formula is C30H31Cl3N6O4. The van der Waals surface area contributed by atoms with Gasteiger partial charge < -0.3 is 30.0 Å². The maximum Gasteiger partial charge on any atom is 0.248 e. The topological polar surface area (TPSA) is 132 Å². The molecule has 1 amide bonds. The minimum Gasteiger partial charge on any atom is -0.633 e. The van der Waals surface area contributed by atoms with E-state index in [9.17, 15) is 15.3 Å². The van der Waals surface area contributed by atoms with Gasteiger partial charge in [-0.15, -0.1) is 24.8 Å². The molecule has 2 aromatic carbocycles. The highest BCUT2D eigenvalue weighted by Gasteiger charge is 2.16. The lowest BCUT2D eigenvalue weighted by Crippen LogP contribution is -2.32. The summed E-state index contributed by atoms with van der Waals surface area (Å²) in [6, 6.07) is 16.3. The smallest absolute Gasteiger partial charge is 0.248 e. The lowest BCUT2D eigenvalue weighted by atomic mass is 10.1. The van der Waals surface area contributed by atoms with Crippen molar-refractivity contribution in [2.45, 2.75) is 13.5 Å². The van der Waals surface area contributed by atoms with Crippen LogP contribution in [0.3, 0.4) is 0 Å². The molecule has 4 rings (SSSR count). The van der Waals surface area contributed by atoms with Crippen molar-refractivity contribution in [2.24, 2.45) is 0 Å². The molecule has 0 bridgehead atoms. The predicted octanol–water partition coefficient (Wildman–Crippen LogP) is 6.79. The Labute approximate surface area is 267 Å². The lowest BCUT2D eigenvalue weighted by molar-refractivity contribution is -0.833. The molecule has 0 unspecified atom stereocenters. The summed E-state index contributed by atoms with van der Waals surface area (Å²) in [4.78, 5) is 21.3. The van der Waals surface area contributed by atoms with Crippen molar-refractivity contribution in [1.29, 1.82) is 5.26 Å². The summed E-state index contributed by atoms with van der Waals surface area (Å²) < 4.78 is 11.0. The van der Waals surface area contributed by atoms with Crippen LogP contribution in [0.1, 0.15) is 18.2 Å². The fourth-order valence-electron chi connectivity index (χ4n) is 3.88. The van der Waals surface area contributed by atoms with Crippen LogP contribution < -0.4 is 20.1 Å². The molecule has 2 N–H and O–H groups in total. The van der Waals surface area contributed by atoms with Crippen molar-refractivity contribution in [3.63, 3.8) is 0 Å². The second-order valence-corrected chi connectivity index (χ2v) is 9.89. The van der Waals surface area contributed by atoms with Crippen LogP contribution in [0.2, 0.25) is 5.02 Å². The average Bonchev–Trinajstić information content (AvgIpc) is 2.93. The number of nitriles is 1. The van der Waals surface area contributed by atoms with Crippen LogP contribution in [-0.4, -0.2) is 47.8 Å². The van der Waals surface area contributed by atoms with E-state index in [1.807, 2.05) is 25.1 Å². The van der Waals surface area contributed by atoms with Crippen molar-refractivity contribution in [1.82, 2.24) is 9.97 Å². The number of pyridine rings is 2. The Morgan fingerprint density at radius 1 is 1.12 bits per heavy atom. The van der Waals surface area contributed by atoms with Crippen LogP contribution in [0.15, 0.2) is 73.1 Å². The molecule has 10 nitrogen and oxygen atoms in total. The molecule has 2 heterocycles. The van der Waals surface area contributed by atoms with E-state index in [1.54, 1.807) is 36.5 Å². The molecule has 0 aliphatic rings. The normalized spacial score (nSPS) is 10.8. The third kappa shape index (κ3) is 9.71. The minimum absolute atomic E-state index is 0. The van der Waals surface area contributed by atoms with Crippen molar-refractivity contribution in [3.8, 4) is 17.6 Å². The van der Waals surface area contributed by atoms with E-state index >= 15 is 0 Å². The Hall–Kier alpha value is -4.11. The van der Waals surface area contributed by atoms with Gasteiger partial charge >= 0.3 is 0 Å². The van der Waals surface area contributed by atoms with Crippen LogP contribution in [-0.2, 0) is 11.4 Å². The van der Waals surface area contributed by atoms with Crippen molar-refractivity contribution >= 4 is 70.3 Å². The number of nitrogens with zero attached hydrogens (tertiary/aromatic N) is 4. The number of aromatic nitrogens is 2. The average molecular weight is 646 g/mol. The number of fused-ring (bicyclic) bond motifs is 1. The van der Waals surface area contributed by atoms with Crippen LogP contribution in [0.5, 0.6) is 11.5 Å². The minimum atomic E-state index is -0.553. The van der Waals surface area contributed by atoms with E-state index in [0.29, 0.717) is 56.7 Å². The van der Waals surface area contributed by atoms with Gasteiger partial charge in [0.2, 0.25) is 5.91 Å². The maximum atomic E-state index is 12.6. The number of anilines is 3. The molecule has 43 heavy (non-hydrogen) atoms. The summed E-state index contributed by atoms with van der Waals surface area (Å²) in [5, 5.41) is 28.7. The number of halogens is 3. The Balaban J connectivity index is 0.00000323. The number of ether oxygens (including phenoxy) is 2. The largest absolute Gasteiger partial charge is 0.633 e. The van der Waals surface area contributed by atoms with Crippen LogP contribution in [0, 0.1) is 16.5 Å². The lowest BCUT2D eigenvalue weighted by Gasteiger charge is -2.32. The number of likely N-dealkylation sites (N-methyl/N-ethyl adjacent to an activating group) is 1. The van der Waals surface area contributed by atoms with Crippen LogP contribution in [0.25, 0.3) is 10.9 Å². The van der Waals surface area contributed by atoms with Gasteiger partial charge in [0.15, 0.2) is 0 Å². The van der Waals surface area contributed by atoms with E-state index in [1.165, 1.54) is 32.4 Å². The van der Waals surface area contributed by atoms with Crippen molar-refractivity contribution in [3.05, 3.63) is 94.6 Å². The summed E-state index contributed by atoms with van der Waals surface area (Å²) in [5.41, 5.74) is 3.10. The molecule has 2 aromatic heterocycles. The predicted molar refractivity (Wildman–Crippen MR) is 174 cm³/mol. The number of quaternary nitrogens is 1. The Kier molecular flexibility index (Phi) is 13.0. The molecule has 13 heteroatoms. The fourth-order valence-corrected chi connectivity index (χ4v) is 4.11. The third-order valence-corrected chi connectivity index (χ3v) is 6.06. The molecule has 226 valence electrons. The number of hydroxylamine groups is 3. The first kappa shape index (κ1) is 35.1. The highest BCUT2D eigenvalue weighted by Crippen LogP contribution is 2.37. The van der Waals surface area contributed by atoms with Gasteiger partial charge in [-0.3, -0.25) is 14.8 Å². The van der Waals surface area contributed by atoms with Gasteiger partial charge in [0.25, 0.3) is 0 Å². The zero-order valence-corrected chi connectivity index (χ0v) is 26.1. The molecule has 0 saturated carbocycles. The second-order valence-electron chi connectivity index (χ2n) is 9.49. The fraction of sp³-hybridized carbons (Fsp3) is 0.200. The van der Waals surface area contributed by atoms with E-state index in [0.717, 1.165) is 5.69 Å². The number of amides is 1. The number of carbonyl (C=O) groups is 1. The number of rotatable bonds is 11. The zero-order chi connectivity index (χ0) is 29.4. The number of carbonyl (C=O) groups excluding carboxylic acids is 1. The summed E-state index contributed by atoms with van der Waals surface area (Å²) in [7, 11) is 2.98. The number of benzene rings is 2. The van der Waals surface area contributed by atoms with Crippen LogP contribution >= 0.6 is 36.4 Å². The van der Waals surface area contributed by atoms with E-state index in [4.69, 9.17) is 21.1 Å². The summed E-state index contributed by atoms with van der Waals surface area (Å²) >= 11 is 6.51. The molecule has 0 aliphatic heterocycles. The molecule has 4 aromatic rings. The summed E-state index contributed by atoms with van der Waals surface area (Å²) in [6.45, 7) is 2.60. The van der Waals surface area contributed by atoms with Gasteiger partial charge in [-0.2, -0.15) is 5.26 Å². The summed E-state index contributed by atoms with van der Waals surface area (Å²) in [6.07, 6.45) is 5.98. The Morgan fingerprint density at radius 3 is 2.56 bits per heavy atom. The molecule has 0 saturated heterocycles. The van der Waals surface area contributed by atoms with Gasteiger partial charge in [-0.1, -0.05) is 17.7 Å². The summed E-state index contributed by atoms with van der Waals surface area (Å²) in [5.74, 6) is 0.481. The highest BCUT2D eigenvalue weighted by atomic mass is 35.5. The quantitative estimate of drug-likeness (QED) is 0.104. The highest BCUT2D eigenvalue weighted by molar-refractivity contribution is 6.32. The first-order valence-corrected chi connectivity index (χ1v) is 13.1. The third-order valence-electron chi connectivity index (χ3n) is 5.76. The molecule has 0 aliphatic carbocycles. The number of hydrogen-bond donors (Lipinski definition) is 2. The van der Waals surface area contributed by atoms with E-state index in [-0.39, 0.29) is 38.0 Å². The van der Waals surface area contributed by atoms with Gasteiger partial charge in [0, 0.05) is 35.6 Å². The van der Waals surface area contributed by atoms with Gasteiger partial charge in [0.05, 0.1) is 60.4 Å². The van der Waals surface area contributed by atoms with Crippen molar-refractivity contribution < 1.29 is 18.9 Å². The molecule has 0 fully saturated rings. The maximum absolute atomic E-state index is 12.6. The monoisotopic (exact) mass is 644 g/mol. The first-order valence-electron chi connectivity index (χ1n) is 12.8. The van der Waals surface area contributed by atoms with E-state index < -0.39 is 10.6 Å². The Bertz CT molecular complexity index is 1620. The van der Waals surface area contributed by atoms with Gasteiger partial charge in [-0.25, -0.2) is 0 Å². The number of nitrogens with one attached hydrogen (secondary N) is 2. The second kappa shape index (κ2) is 15.9. The molecular weight excluding hydrogens is 615 g/mol. The SMILES string of the molecule is CCOc1cc2ncc(C#N)c(Nc3ccc(OCc4ccccn4)c(Cl)c3)c2cc1NC(=O)/C=C/C[N+](C)(C)[O-].Cl.Cl. The van der Waals surface area contributed by atoms with E-state index in [2.05, 4.69) is 26.7 Å². The van der Waals surface area contributed by atoms with Crippen molar-refractivity contribution in [2.75, 3.05) is 37.9 Å². The zero-order valence-electron chi connectivity index (χ0n) is 23.7. The van der Waals surface area contributed by atoms with Gasteiger partial charge in [-0.05, 0) is 49.4 Å². The van der Waals surface area contributed by atoms with Gasteiger partial charge in [0.1, 0.15) is 24.2 Å². The molecule has 0 spiro atoms. The van der Waals surface area contributed by atoms with Crippen LogP contribution in [0.4, 0.5) is 17.1 Å². The Morgan fingerprint density at radius 2 is 1.91 bits per heavy atom.